The van der Waals surface area contributed by atoms with E-state index in [0.717, 1.165) is 12.0 Å². The van der Waals surface area contributed by atoms with Gasteiger partial charge in [0.1, 0.15) is 0 Å². The smallest absolute Gasteiger partial charge is 0.0207 e. The van der Waals surface area contributed by atoms with E-state index in [-0.39, 0.29) is 12.4 Å². The fourth-order valence-electron chi connectivity index (χ4n) is 6.14. The molecule has 17 heavy (non-hydrogen) atoms. The number of hydrogen-bond acceptors (Lipinski definition) is 1. The van der Waals surface area contributed by atoms with Gasteiger partial charge in [-0.1, -0.05) is 27.2 Å². The molecule has 3 unspecified atom stereocenters. The zero-order chi connectivity index (χ0) is 11.8. The molecule has 3 fully saturated rings. The minimum Gasteiger partial charge on any atom is -0.305 e. The van der Waals surface area contributed by atoms with Gasteiger partial charge in [0, 0.05) is 6.04 Å². The lowest BCUT2D eigenvalue weighted by Crippen LogP contribution is -2.55. The van der Waals surface area contributed by atoms with Crippen LogP contribution in [0.3, 0.4) is 0 Å². The molecule has 1 nitrogen and oxygen atoms in total. The second kappa shape index (κ2) is 3.63. The Balaban J connectivity index is 0.00000108. The topological polar surface area (TPSA) is 3.24 Å². The third kappa shape index (κ3) is 1.26. The lowest BCUT2D eigenvalue weighted by atomic mass is 9.55. The Labute approximate surface area is 113 Å². The Morgan fingerprint density at radius 1 is 1.00 bits per heavy atom. The molecule has 0 heterocycles. The van der Waals surface area contributed by atoms with Crippen molar-refractivity contribution in [3.63, 3.8) is 0 Å². The zero-order valence-corrected chi connectivity index (χ0v) is 12.9. The molecular formula is C15H28ClN. The number of hydrogen-bond donors (Lipinski definition) is 0. The van der Waals surface area contributed by atoms with Crippen LogP contribution in [0.1, 0.15) is 52.9 Å². The highest BCUT2D eigenvalue weighted by Gasteiger charge is 2.73. The van der Waals surface area contributed by atoms with E-state index < -0.39 is 0 Å². The molecule has 2 heteroatoms. The molecule has 2 bridgehead atoms. The average molecular weight is 258 g/mol. The Bertz CT molecular complexity index is 319. The summed E-state index contributed by atoms with van der Waals surface area (Å²) in [4.78, 5) is 2.56. The lowest BCUT2D eigenvalue weighted by Gasteiger charge is -2.55. The van der Waals surface area contributed by atoms with Gasteiger partial charge in [-0.25, -0.2) is 0 Å². The molecular weight excluding hydrogens is 230 g/mol. The maximum absolute atomic E-state index is 2.57. The van der Waals surface area contributed by atoms with Crippen molar-refractivity contribution < 1.29 is 0 Å². The highest BCUT2D eigenvalue weighted by Crippen LogP contribution is 2.77. The molecule has 1 spiro atoms. The van der Waals surface area contributed by atoms with Gasteiger partial charge >= 0.3 is 0 Å². The van der Waals surface area contributed by atoms with Gasteiger partial charge in [0.15, 0.2) is 0 Å². The van der Waals surface area contributed by atoms with Crippen molar-refractivity contribution in [2.45, 2.75) is 58.9 Å². The van der Waals surface area contributed by atoms with Gasteiger partial charge in [-0.05, 0) is 61.9 Å². The summed E-state index contributed by atoms with van der Waals surface area (Å²) in [6.07, 6.45) is 7.43. The van der Waals surface area contributed by atoms with Crippen LogP contribution in [-0.2, 0) is 0 Å². The van der Waals surface area contributed by atoms with Gasteiger partial charge in [0.25, 0.3) is 0 Å². The maximum Gasteiger partial charge on any atom is 0.0207 e. The van der Waals surface area contributed by atoms with Gasteiger partial charge in [0.05, 0.1) is 0 Å². The van der Waals surface area contributed by atoms with E-state index in [4.69, 9.17) is 0 Å². The van der Waals surface area contributed by atoms with E-state index >= 15 is 0 Å². The van der Waals surface area contributed by atoms with Crippen molar-refractivity contribution in [1.29, 1.82) is 0 Å². The van der Waals surface area contributed by atoms with E-state index in [0.29, 0.717) is 16.2 Å². The summed E-state index contributed by atoms with van der Waals surface area (Å²) in [6, 6.07) is 0.836. The van der Waals surface area contributed by atoms with Crippen LogP contribution in [0.15, 0.2) is 0 Å². The van der Waals surface area contributed by atoms with E-state index in [1.54, 1.807) is 0 Å². The van der Waals surface area contributed by atoms with Crippen LogP contribution in [-0.4, -0.2) is 25.0 Å². The molecule has 0 radical (unpaired) electrons. The molecule has 3 aliphatic carbocycles. The van der Waals surface area contributed by atoms with Crippen LogP contribution in [0.5, 0.6) is 0 Å². The Kier molecular flexibility index (Phi) is 2.92. The van der Waals surface area contributed by atoms with Gasteiger partial charge in [-0.15, -0.1) is 12.4 Å². The fourth-order valence-corrected chi connectivity index (χ4v) is 6.14. The SMILES string of the molecule is CN(C)C1C2(CCC2)C2CCC1(C)C2(C)C.Cl. The predicted molar refractivity (Wildman–Crippen MR) is 75.6 cm³/mol. The molecule has 0 amide bonds. The van der Waals surface area contributed by atoms with Crippen LogP contribution >= 0.6 is 12.4 Å². The highest BCUT2D eigenvalue weighted by molar-refractivity contribution is 5.85. The first kappa shape index (κ1) is 13.7. The summed E-state index contributed by atoms with van der Waals surface area (Å²) < 4.78 is 0. The molecule has 100 valence electrons. The van der Waals surface area contributed by atoms with E-state index in [1.165, 1.54) is 32.1 Å². The summed E-state index contributed by atoms with van der Waals surface area (Å²) in [5.41, 5.74) is 1.81. The van der Waals surface area contributed by atoms with Crippen LogP contribution in [0.2, 0.25) is 0 Å². The average Bonchev–Trinajstić information content (AvgIpc) is 2.42. The minimum atomic E-state index is 0. The number of rotatable bonds is 1. The molecule has 0 N–H and O–H groups in total. The van der Waals surface area contributed by atoms with Crippen molar-refractivity contribution in [3.05, 3.63) is 0 Å². The fraction of sp³-hybridized carbons (Fsp3) is 1.00. The van der Waals surface area contributed by atoms with Crippen molar-refractivity contribution >= 4 is 12.4 Å². The Hall–Kier alpha value is 0.250. The molecule has 3 saturated carbocycles. The van der Waals surface area contributed by atoms with Gasteiger partial charge in [-0.2, -0.15) is 0 Å². The molecule has 0 aliphatic heterocycles. The van der Waals surface area contributed by atoms with E-state index in [9.17, 15) is 0 Å². The van der Waals surface area contributed by atoms with Crippen LogP contribution in [0.4, 0.5) is 0 Å². The normalized spacial score (nSPS) is 44.8. The molecule has 0 aromatic carbocycles. The molecule has 3 aliphatic rings. The maximum atomic E-state index is 2.57. The number of fused-ring (bicyclic) bond motifs is 3. The number of halogens is 1. The lowest BCUT2D eigenvalue weighted by molar-refractivity contribution is -0.0480. The predicted octanol–water partition coefficient (Wildman–Crippen LogP) is 3.96. The Morgan fingerprint density at radius 2 is 1.59 bits per heavy atom. The summed E-state index contributed by atoms with van der Waals surface area (Å²) in [5.74, 6) is 0.992. The summed E-state index contributed by atoms with van der Waals surface area (Å²) in [6.45, 7) is 7.67. The third-order valence-electron chi connectivity index (χ3n) is 6.94. The van der Waals surface area contributed by atoms with E-state index in [1.807, 2.05) is 0 Å². The third-order valence-corrected chi connectivity index (χ3v) is 6.94. The largest absolute Gasteiger partial charge is 0.305 e. The molecule has 0 saturated heterocycles. The van der Waals surface area contributed by atoms with Crippen molar-refractivity contribution in [2.75, 3.05) is 14.1 Å². The summed E-state index contributed by atoms with van der Waals surface area (Å²) in [5, 5.41) is 0. The Morgan fingerprint density at radius 3 is 1.94 bits per heavy atom. The molecule has 3 atom stereocenters. The number of nitrogens with zero attached hydrogens (tertiary/aromatic N) is 1. The standard InChI is InChI=1S/C15H27N.ClH/c1-13(2)11-7-10-14(13,3)12(16(4)5)15(11)8-6-9-15;/h11-12H,6-10H2,1-5H3;1H. The summed E-state index contributed by atoms with van der Waals surface area (Å²) in [7, 11) is 4.62. The molecule has 3 rings (SSSR count). The second-order valence-electron chi connectivity index (χ2n) is 7.68. The van der Waals surface area contributed by atoms with Gasteiger partial charge < -0.3 is 4.90 Å². The van der Waals surface area contributed by atoms with E-state index in [2.05, 4.69) is 39.8 Å². The van der Waals surface area contributed by atoms with Crippen LogP contribution < -0.4 is 0 Å². The van der Waals surface area contributed by atoms with Crippen molar-refractivity contribution in [2.24, 2.45) is 22.2 Å². The first-order valence-corrected chi connectivity index (χ1v) is 7.03. The van der Waals surface area contributed by atoms with Gasteiger partial charge in [-0.3, -0.25) is 0 Å². The van der Waals surface area contributed by atoms with Gasteiger partial charge in [0.2, 0.25) is 0 Å². The van der Waals surface area contributed by atoms with Crippen molar-refractivity contribution in [1.82, 2.24) is 4.90 Å². The first-order chi connectivity index (χ1) is 7.36. The van der Waals surface area contributed by atoms with Crippen LogP contribution in [0.25, 0.3) is 0 Å². The monoisotopic (exact) mass is 257 g/mol. The first-order valence-electron chi connectivity index (χ1n) is 7.03. The highest BCUT2D eigenvalue weighted by atomic mass is 35.5. The quantitative estimate of drug-likeness (QED) is 0.687. The second-order valence-corrected chi connectivity index (χ2v) is 7.68. The van der Waals surface area contributed by atoms with Crippen LogP contribution in [0, 0.1) is 22.2 Å². The molecule has 0 aromatic rings. The minimum absolute atomic E-state index is 0. The zero-order valence-electron chi connectivity index (χ0n) is 12.0. The molecule has 0 aromatic heterocycles. The van der Waals surface area contributed by atoms with Crippen molar-refractivity contribution in [3.8, 4) is 0 Å². The summed E-state index contributed by atoms with van der Waals surface area (Å²) >= 11 is 0.